The van der Waals surface area contributed by atoms with E-state index in [1.54, 1.807) is 0 Å². The van der Waals surface area contributed by atoms with Crippen molar-refractivity contribution >= 4 is 30.0 Å². The zero-order chi connectivity index (χ0) is 16.2. The molecule has 1 aliphatic heterocycles. The topological polar surface area (TPSA) is 0 Å². The molecule has 0 spiro atoms. The van der Waals surface area contributed by atoms with Gasteiger partial charge in [0, 0.05) is 10.6 Å². The SMILES string of the molecule is Cc1ccc2c(c1)[Si](C)(C)c1c(-c3ccccc3)ccc(Cl)c1-2. The van der Waals surface area contributed by atoms with Crippen molar-refractivity contribution < 1.29 is 0 Å². The number of fused-ring (bicyclic) bond motifs is 3. The molecule has 2 heteroatoms. The summed E-state index contributed by atoms with van der Waals surface area (Å²) in [4.78, 5) is 0. The quantitative estimate of drug-likeness (QED) is 0.542. The third-order valence-corrected chi connectivity index (χ3v) is 8.83. The maximum atomic E-state index is 6.65. The van der Waals surface area contributed by atoms with E-state index in [9.17, 15) is 0 Å². The Morgan fingerprint density at radius 1 is 0.826 bits per heavy atom. The molecule has 0 nitrogen and oxygen atoms in total. The maximum Gasteiger partial charge on any atom is 0.114 e. The fourth-order valence-corrected chi connectivity index (χ4v) is 7.75. The first-order chi connectivity index (χ1) is 11.0. The first-order valence-corrected chi connectivity index (χ1v) is 11.4. The molecule has 0 bridgehead atoms. The molecule has 1 heterocycles. The molecule has 0 atom stereocenters. The predicted octanol–water partition coefficient (Wildman–Crippen LogP) is 5.12. The van der Waals surface area contributed by atoms with Crippen molar-refractivity contribution in [2.75, 3.05) is 0 Å². The Bertz CT molecular complexity index is 911. The summed E-state index contributed by atoms with van der Waals surface area (Å²) >= 11 is 6.65. The van der Waals surface area contributed by atoms with Crippen LogP contribution in [0.15, 0.2) is 60.7 Å². The van der Waals surface area contributed by atoms with Crippen molar-refractivity contribution in [3.05, 3.63) is 71.2 Å². The molecule has 114 valence electrons. The summed E-state index contributed by atoms with van der Waals surface area (Å²) in [5.41, 5.74) is 6.56. The van der Waals surface area contributed by atoms with Gasteiger partial charge in [-0.1, -0.05) is 84.9 Å². The summed E-state index contributed by atoms with van der Waals surface area (Å²) in [6.07, 6.45) is 0. The Morgan fingerprint density at radius 3 is 2.26 bits per heavy atom. The highest BCUT2D eigenvalue weighted by molar-refractivity contribution is 7.04. The van der Waals surface area contributed by atoms with Gasteiger partial charge in [0.1, 0.15) is 8.07 Å². The van der Waals surface area contributed by atoms with Crippen LogP contribution >= 0.6 is 11.6 Å². The Labute approximate surface area is 143 Å². The molecular formula is C21H19ClSi. The van der Waals surface area contributed by atoms with Gasteiger partial charge in [-0.05, 0) is 40.1 Å². The lowest BCUT2D eigenvalue weighted by Crippen LogP contribution is -2.50. The van der Waals surface area contributed by atoms with Gasteiger partial charge in [0.2, 0.25) is 0 Å². The molecule has 3 aromatic rings. The van der Waals surface area contributed by atoms with Gasteiger partial charge in [0.25, 0.3) is 0 Å². The fraction of sp³-hybridized carbons (Fsp3) is 0.143. The van der Waals surface area contributed by atoms with Crippen molar-refractivity contribution in [3.8, 4) is 22.3 Å². The first kappa shape index (κ1) is 14.7. The van der Waals surface area contributed by atoms with Gasteiger partial charge < -0.3 is 0 Å². The lowest BCUT2D eigenvalue weighted by Gasteiger charge is -2.22. The van der Waals surface area contributed by atoms with Crippen LogP contribution in [0.5, 0.6) is 0 Å². The lowest BCUT2D eigenvalue weighted by molar-refractivity contribution is 1.49. The Kier molecular flexibility index (Phi) is 3.26. The number of aryl methyl sites for hydroxylation is 1. The van der Waals surface area contributed by atoms with Crippen LogP contribution in [0.1, 0.15) is 5.56 Å². The third kappa shape index (κ3) is 2.11. The van der Waals surface area contributed by atoms with Crippen LogP contribution in [-0.2, 0) is 0 Å². The van der Waals surface area contributed by atoms with Crippen molar-refractivity contribution in [2.45, 2.75) is 20.0 Å². The molecule has 0 saturated heterocycles. The normalized spacial score (nSPS) is 14.4. The molecule has 4 rings (SSSR count). The Hall–Kier alpha value is -1.83. The van der Waals surface area contributed by atoms with Crippen molar-refractivity contribution in [3.63, 3.8) is 0 Å². The highest BCUT2D eigenvalue weighted by atomic mass is 35.5. The zero-order valence-corrected chi connectivity index (χ0v) is 15.4. The average Bonchev–Trinajstić information content (AvgIpc) is 2.78. The van der Waals surface area contributed by atoms with E-state index >= 15 is 0 Å². The van der Waals surface area contributed by atoms with Gasteiger partial charge in [0.05, 0.1) is 0 Å². The zero-order valence-electron chi connectivity index (χ0n) is 13.7. The molecule has 0 amide bonds. The molecule has 23 heavy (non-hydrogen) atoms. The van der Waals surface area contributed by atoms with E-state index in [-0.39, 0.29) is 0 Å². The molecule has 3 aromatic carbocycles. The van der Waals surface area contributed by atoms with Crippen molar-refractivity contribution in [1.29, 1.82) is 0 Å². The van der Waals surface area contributed by atoms with Crippen molar-refractivity contribution in [1.82, 2.24) is 0 Å². The van der Waals surface area contributed by atoms with Crippen LogP contribution in [-0.4, -0.2) is 8.07 Å². The molecular weight excluding hydrogens is 316 g/mol. The Morgan fingerprint density at radius 2 is 1.52 bits per heavy atom. The summed E-state index contributed by atoms with van der Waals surface area (Å²) in [6.45, 7) is 7.06. The second kappa shape index (κ2) is 5.09. The van der Waals surface area contributed by atoms with Crippen LogP contribution in [0.3, 0.4) is 0 Å². The number of hydrogen-bond acceptors (Lipinski definition) is 0. The molecule has 0 aliphatic carbocycles. The van der Waals surface area contributed by atoms with E-state index in [4.69, 9.17) is 11.6 Å². The predicted molar refractivity (Wildman–Crippen MR) is 104 cm³/mol. The van der Waals surface area contributed by atoms with Gasteiger partial charge in [-0.25, -0.2) is 0 Å². The lowest BCUT2D eigenvalue weighted by atomic mass is 9.98. The van der Waals surface area contributed by atoms with Gasteiger partial charge >= 0.3 is 0 Å². The second-order valence-corrected chi connectivity index (χ2v) is 11.6. The molecule has 0 saturated carbocycles. The molecule has 0 radical (unpaired) electrons. The molecule has 0 N–H and O–H groups in total. The maximum absolute atomic E-state index is 6.65. The van der Waals surface area contributed by atoms with Crippen LogP contribution in [0.2, 0.25) is 18.1 Å². The summed E-state index contributed by atoms with van der Waals surface area (Å²) in [6, 6.07) is 21.8. The number of rotatable bonds is 1. The van der Waals surface area contributed by atoms with Gasteiger partial charge in [0.15, 0.2) is 0 Å². The van der Waals surface area contributed by atoms with E-state index < -0.39 is 8.07 Å². The van der Waals surface area contributed by atoms with Crippen LogP contribution in [0.4, 0.5) is 0 Å². The van der Waals surface area contributed by atoms with Crippen molar-refractivity contribution in [2.24, 2.45) is 0 Å². The summed E-state index contributed by atoms with van der Waals surface area (Å²) in [5, 5.41) is 3.87. The second-order valence-electron chi connectivity index (χ2n) is 6.89. The fourth-order valence-electron chi connectivity index (χ4n) is 3.88. The van der Waals surface area contributed by atoms with E-state index in [0.29, 0.717) is 0 Å². The number of halogens is 1. The molecule has 0 unspecified atom stereocenters. The average molecular weight is 335 g/mol. The number of hydrogen-bond donors (Lipinski definition) is 0. The van der Waals surface area contributed by atoms with Gasteiger partial charge in [-0.2, -0.15) is 0 Å². The highest BCUT2D eigenvalue weighted by Crippen LogP contribution is 2.37. The van der Waals surface area contributed by atoms with Gasteiger partial charge in [-0.15, -0.1) is 0 Å². The van der Waals surface area contributed by atoms with E-state index in [1.165, 1.54) is 38.2 Å². The summed E-state index contributed by atoms with van der Waals surface area (Å²) in [5.74, 6) is 0. The minimum Gasteiger partial charge on any atom is -0.0837 e. The Balaban J connectivity index is 2.09. The van der Waals surface area contributed by atoms with E-state index in [0.717, 1.165) is 5.02 Å². The van der Waals surface area contributed by atoms with Gasteiger partial charge in [-0.3, -0.25) is 0 Å². The summed E-state index contributed by atoms with van der Waals surface area (Å²) in [7, 11) is -1.76. The highest BCUT2D eigenvalue weighted by Gasteiger charge is 2.40. The minimum absolute atomic E-state index is 0.878. The number of benzene rings is 3. The monoisotopic (exact) mass is 334 g/mol. The molecule has 0 aromatic heterocycles. The minimum atomic E-state index is -1.76. The first-order valence-electron chi connectivity index (χ1n) is 8.00. The largest absolute Gasteiger partial charge is 0.114 e. The van der Waals surface area contributed by atoms with E-state index in [1.807, 2.05) is 0 Å². The smallest absolute Gasteiger partial charge is 0.0837 e. The standard InChI is InChI=1S/C21H19ClSi/c1-14-9-10-17-19(13-14)23(2,3)21-16(11-12-18(22)20(17)21)15-7-5-4-6-8-15/h4-13H,1-3H3. The van der Waals surface area contributed by atoms with E-state index in [2.05, 4.69) is 80.7 Å². The molecule has 0 fully saturated rings. The van der Waals surface area contributed by atoms with Crippen LogP contribution < -0.4 is 10.4 Å². The molecule has 1 aliphatic rings. The van der Waals surface area contributed by atoms with Crippen LogP contribution in [0, 0.1) is 6.92 Å². The summed E-state index contributed by atoms with van der Waals surface area (Å²) < 4.78 is 0. The van der Waals surface area contributed by atoms with Crippen LogP contribution in [0.25, 0.3) is 22.3 Å². The third-order valence-electron chi connectivity index (χ3n) is 4.98.